The zero-order valence-electron chi connectivity index (χ0n) is 8.20. The molecule has 6 heteroatoms. The Morgan fingerprint density at radius 1 is 1.38 bits per heavy atom. The Balaban J connectivity index is 1.96. The molecule has 1 aromatic carbocycles. The molecule has 1 atom stereocenters. The maximum absolute atomic E-state index is 9.81. The molecule has 3 rings (SSSR count). The first-order valence-corrected chi connectivity index (χ1v) is 6.46. The average molecular weight is 251 g/mol. The van der Waals surface area contributed by atoms with E-state index in [-0.39, 0.29) is 5.37 Å². The normalized spacial score (nSPS) is 23.0. The van der Waals surface area contributed by atoms with Gasteiger partial charge in [-0.2, -0.15) is 0 Å². The third-order valence-electron chi connectivity index (χ3n) is 2.36. The Morgan fingerprint density at radius 2 is 2.19 bits per heavy atom. The molecular formula is C10H9N3OS2. The number of nitrogens with zero attached hydrogens (tertiary/aromatic N) is 2. The fourth-order valence-corrected chi connectivity index (χ4v) is 3.64. The highest BCUT2D eigenvalue weighted by molar-refractivity contribution is 8.18. The molecule has 82 valence electrons. The van der Waals surface area contributed by atoms with Gasteiger partial charge in [-0.05, 0) is 17.8 Å². The molecule has 2 aliphatic heterocycles. The van der Waals surface area contributed by atoms with E-state index in [0.717, 1.165) is 10.6 Å². The predicted octanol–water partition coefficient (Wildman–Crippen LogP) is 2.22. The SMILES string of the molecule is NC1=NN2C(=CS[C@@H]2c2ccccc2O)S1. The summed E-state index contributed by atoms with van der Waals surface area (Å²) in [5, 5.41) is 19.5. The molecule has 4 nitrogen and oxygen atoms in total. The minimum Gasteiger partial charge on any atom is -0.508 e. The fraction of sp³-hybridized carbons (Fsp3) is 0.100. The number of benzene rings is 1. The zero-order chi connectivity index (χ0) is 11.1. The van der Waals surface area contributed by atoms with Gasteiger partial charge in [-0.1, -0.05) is 30.0 Å². The van der Waals surface area contributed by atoms with Gasteiger partial charge in [0.05, 0.1) is 0 Å². The van der Waals surface area contributed by atoms with Crippen molar-refractivity contribution in [3.8, 4) is 5.75 Å². The number of para-hydroxylation sites is 1. The van der Waals surface area contributed by atoms with Crippen molar-refractivity contribution in [1.29, 1.82) is 0 Å². The van der Waals surface area contributed by atoms with Gasteiger partial charge in [0.1, 0.15) is 16.2 Å². The maximum atomic E-state index is 9.81. The van der Waals surface area contributed by atoms with Gasteiger partial charge < -0.3 is 10.8 Å². The van der Waals surface area contributed by atoms with Crippen LogP contribution in [-0.2, 0) is 0 Å². The smallest absolute Gasteiger partial charge is 0.184 e. The van der Waals surface area contributed by atoms with Crippen molar-refractivity contribution in [2.75, 3.05) is 0 Å². The number of nitrogens with two attached hydrogens (primary N) is 1. The second kappa shape index (κ2) is 3.64. The van der Waals surface area contributed by atoms with E-state index >= 15 is 0 Å². The number of hydrogen-bond donors (Lipinski definition) is 2. The molecule has 0 spiro atoms. The summed E-state index contributed by atoms with van der Waals surface area (Å²) >= 11 is 3.08. The monoisotopic (exact) mass is 251 g/mol. The Morgan fingerprint density at radius 3 is 3.00 bits per heavy atom. The van der Waals surface area contributed by atoms with Crippen LogP contribution in [0.15, 0.2) is 39.8 Å². The van der Waals surface area contributed by atoms with Gasteiger partial charge in [0.15, 0.2) is 5.17 Å². The van der Waals surface area contributed by atoms with Gasteiger partial charge in [0, 0.05) is 11.0 Å². The molecule has 0 saturated heterocycles. The molecule has 3 N–H and O–H groups in total. The highest BCUT2D eigenvalue weighted by Gasteiger charge is 2.34. The molecule has 0 fully saturated rings. The van der Waals surface area contributed by atoms with Crippen molar-refractivity contribution in [3.05, 3.63) is 40.3 Å². The molecule has 0 unspecified atom stereocenters. The van der Waals surface area contributed by atoms with Crippen molar-refractivity contribution in [2.24, 2.45) is 10.8 Å². The number of hydrazone groups is 1. The number of rotatable bonds is 1. The Kier molecular flexibility index (Phi) is 2.26. The summed E-state index contributed by atoms with van der Waals surface area (Å²) in [5.41, 5.74) is 6.52. The molecule has 0 radical (unpaired) electrons. The van der Waals surface area contributed by atoms with Gasteiger partial charge in [-0.25, -0.2) is 5.01 Å². The number of amidine groups is 1. The topological polar surface area (TPSA) is 61.8 Å². The minimum atomic E-state index is -0.00949. The summed E-state index contributed by atoms with van der Waals surface area (Å²) in [7, 11) is 0. The Bertz CT molecular complexity index is 501. The van der Waals surface area contributed by atoms with Crippen LogP contribution in [0.3, 0.4) is 0 Å². The quantitative estimate of drug-likeness (QED) is 0.801. The maximum Gasteiger partial charge on any atom is 0.184 e. The van der Waals surface area contributed by atoms with Crippen LogP contribution < -0.4 is 5.73 Å². The second-order valence-electron chi connectivity index (χ2n) is 3.39. The van der Waals surface area contributed by atoms with Gasteiger partial charge in [-0.15, -0.1) is 5.10 Å². The Labute approximate surface area is 101 Å². The van der Waals surface area contributed by atoms with Gasteiger partial charge in [-0.3, -0.25) is 0 Å². The summed E-state index contributed by atoms with van der Waals surface area (Å²) in [6.45, 7) is 0. The largest absolute Gasteiger partial charge is 0.508 e. The van der Waals surface area contributed by atoms with Crippen LogP contribution in [0.4, 0.5) is 0 Å². The average Bonchev–Trinajstić information content (AvgIpc) is 2.78. The standard InChI is InChI=1S/C10H9N3OS2/c11-10-12-13-8(16-10)5-15-9(13)6-3-1-2-4-7(6)14/h1-5,9,14H,(H2,11,12)/t9-/m1/s1. The van der Waals surface area contributed by atoms with E-state index in [9.17, 15) is 5.11 Å². The third kappa shape index (κ3) is 1.45. The van der Waals surface area contributed by atoms with E-state index < -0.39 is 0 Å². The van der Waals surface area contributed by atoms with Crippen LogP contribution in [0.5, 0.6) is 5.75 Å². The second-order valence-corrected chi connectivity index (χ2v) is 5.38. The molecule has 0 aliphatic carbocycles. The van der Waals surface area contributed by atoms with Crippen molar-refractivity contribution in [3.63, 3.8) is 0 Å². The molecule has 0 bridgehead atoms. The number of hydrogen-bond acceptors (Lipinski definition) is 6. The first-order chi connectivity index (χ1) is 7.75. The van der Waals surface area contributed by atoms with Crippen molar-refractivity contribution in [2.45, 2.75) is 5.37 Å². The van der Waals surface area contributed by atoms with E-state index in [0.29, 0.717) is 10.9 Å². The fourth-order valence-electron chi connectivity index (χ4n) is 1.66. The molecule has 16 heavy (non-hydrogen) atoms. The number of phenolic OH excluding ortho intramolecular Hbond substituents is 1. The lowest BCUT2D eigenvalue weighted by Crippen LogP contribution is -2.13. The molecule has 0 aromatic heterocycles. The lowest BCUT2D eigenvalue weighted by atomic mass is 10.2. The van der Waals surface area contributed by atoms with Crippen LogP contribution in [0.1, 0.15) is 10.9 Å². The van der Waals surface area contributed by atoms with Gasteiger partial charge >= 0.3 is 0 Å². The number of fused-ring (bicyclic) bond motifs is 1. The predicted molar refractivity (Wildman–Crippen MR) is 67.6 cm³/mol. The van der Waals surface area contributed by atoms with Crippen LogP contribution >= 0.6 is 23.5 Å². The first-order valence-electron chi connectivity index (χ1n) is 4.70. The third-order valence-corrected chi connectivity index (χ3v) is 4.39. The van der Waals surface area contributed by atoms with E-state index in [4.69, 9.17) is 5.73 Å². The minimum absolute atomic E-state index is 0.00949. The summed E-state index contributed by atoms with van der Waals surface area (Å²) in [6.07, 6.45) is 0. The summed E-state index contributed by atoms with van der Waals surface area (Å²) < 4.78 is 0. The van der Waals surface area contributed by atoms with E-state index in [1.165, 1.54) is 11.8 Å². The van der Waals surface area contributed by atoms with Crippen molar-refractivity contribution < 1.29 is 5.11 Å². The van der Waals surface area contributed by atoms with Crippen molar-refractivity contribution >= 4 is 28.7 Å². The molecule has 0 saturated carbocycles. The zero-order valence-corrected chi connectivity index (χ0v) is 9.83. The molecule has 0 amide bonds. The van der Waals surface area contributed by atoms with Crippen LogP contribution in [-0.4, -0.2) is 15.3 Å². The molecule has 1 aromatic rings. The summed E-state index contributed by atoms with van der Waals surface area (Å²) in [4.78, 5) is 0. The highest BCUT2D eigenvalue weighted by atomic mass is 32.2. The first kappa shape index (κ1) is 9.92. The summed E-state index contributed by atoms with van der Waals surface area (Å²) in [5.74, 6) is 0.292. The Hall–Kier alpha value is -1.27. The van der Waals surface area contributed by atoms with E-state index in [1.807, 2.05) is 28.6 Å². The molecule has 2 aliphatic rings. The number of thioether (sulfide) groups is 2. The number of aromatic hydroxyl groups is 1. The van der Waals surface area contributed by atoms with Crippen LogP contribution in [0, 0.1) is 0 Å². The van der Waals surface area contributed by atoms with Gasteiger partial charge in [0.2, 0.25) is 0 Å². The van der Waals surface area contributed by atoms with Crippen LogP contribution in [0.2, 0.25) is 0 Å². The number of phenols is 1. The van der Waals surface area contributed by atoms with E-state index in [1.54, 1.807) is 17.8 Å². The molecular weight excluding hydrogens is 242 g/mol. The van der Waals surface area contributed by atoms with Crippen molar-refractivity contribution in [1.82, 2.24) is 5.01 Å². The lowest BCUT2D eigenvalue weighted by Gasteiger charge is -2.19. The summed E-state index contributed by atoms with van der Waals surface area (Å²) in [6, 6.07) is 7.30. The lowest BCUT2D eigenvalue weighted by molar-refractivity contribution is 0.373. The highest BCUT2D eigenvalue weighted by Crippen LogP contribution is 2.50. The van der Waals surface area contributed by atoms with E-state index in [2.05, 4.69) is 5.10 Å². The van der Waals surface area contributed by atoms with Gasteiger partial charge in [0.25, 0.3) is 0 Å². The molecule has 2 heterocycles. The van der Waals surface area contributed by atoms with Crippen LogP contribution in [0.25, 0.3) is 0 Å².